The number of aliphatic hydroxyl groups excluding tert-OH is 1. The van der Waals surface area contributed by atoms with E-state index in [0.717, 1.165) is 55.2 Å². The van der Waals surface area contributed by atoms with Crippen LogP contribution >= 0.6 is 0 Å². The van der Waals surface area contributed by atoms with Gasteiger partial charge >= 0.3 is 0 Å². The fourth-order valence-electron chi connectivity index (χ4n) is 4.31. The van der Waals surface area contributed by atoms with Crippen LogP contribution in [0.3, 0.4) is 0 Å². The van der Waals surface area contributed by atoms with Gasteiger partial charge in [-0.2, -0.15) is 0 Å². The zero-order valence-corrected chi connectivity index (χ0v) is 19.6. The van der Waals surface area contributed by atoms with Gasteiger partial charge in [0, 0.05) is 37.7 Å². The molecule has 2 aromatic rings. The molecular formula is C25H38N2O4. The molecule has 31 heavy (non-hydrogen) atoms. The number of methoxy groups -OCH3 is 1. The van der Waals surface area contributed by atoms with Crippen LogP contribution in [-0.2, 0) is 11.2 Å². The molecule has 0 saturated carbocycles. The molecule has 1 aromatic carbocycles. The van der Waals surface area contributed by atoms with Crippen LogP contribution in [-0.4, -0.2) is 60.2 Å². The maximum absolute atomic E-state index is 10.6. The second-order valence-electron chi connectivity index (χ2n) is 9.56. The van der Waals surface area contributed by atoms with E-state index in [-0.39, 0.29) is 12.2 Å². The molecule has 3 rings (SSSR count). The highest BCUT2D eigenvalue weighted by atomic mass is 16.5. The van der Waals surface area contributed by atoms with Gasteiger partial charge in [-0.3, -0.25) is 0 Å². The second-order valence-corrected chi connectivity index (χ2v) is 9.56. The highest BCUT2D eigenvalue weighted by Crippen LogP contribution is 2.27. The van der Waals surface area contributed by atoms with E-state index in [1.54, 1.807) is 7.11 Å². The van der Waals surface area contributed by atoms with Crippen LogP contribution in [0.5, 0.6) is 5.75 Å². The SMILES string of the molecule is COc1ccc(-c2cc(CC3CCC(O)C(CN(CC(C)C)CC(C)C)O3)no2)cc1. The second kappa shape index (κ2) is 11.1. The van der Waals surface area contributed by atoms with Crippen molar-refractivity contribution < 1.29 is 19.1 Å². The van der Waals surface area contributed by atoms with Crippen LogP contribution < -0.4 is 4.74 Å². The van der Waals surface area contributed by atoms with E-state index in [9.17, 15) is 5.11 Å². The molecule has 0 radical (unpaired) electrons. The van der Waals surface area contributed by atoms with Gasteiger partial charge in [-0.25, -0.2) is 0 Å². The van der Waals surface area contributed by atoms with Crippen molar-refractivity contribution in [2.45, 2.75) is 65.3 Å². The monoisotopic (exact) mass is 430 g/mol. The van der Waals surface area contributed by atoms with Crippen molar-refractivity contribution in [1.29, 1.82) is 0 Å². The van der Waals surface area contributed by atoms with E-state index in [2.05, 4.69) is 37.8 Å². The van der Waals surface area contributed by atoms with Crippen LogP contribution in [0.4, 0.5) is 0 Å². The lowest BCUT2D eigenvalue weighted by Crippen LogP contribution is -2.48. The van der Waals surface area contributed by atoms with Crippen molar-refractivity contribution in [3.63, 3.8) is 0 Å². The third kappa shape index (κ3) is 7.06. The summed E-state index contributed by atoms with van der Waals surface area (Å²) in [5.74, 6) is 2.72. The molecule has 1 aliphatic heterocycles. The minimum Gasteiger partial charge on any atom is -0.497 e. The average Bonchev–Trinajstić information content (AvgIpc) is 3.18. The molecule has 1 saturated heterocycles. The highest BCUT2D eigenvalue weighted by Gasteiger charge is 2.32. The minimum atomic E-state index is -0.412. The van der Waals surface area contributed by atoms with Crippen LogP contribution in [0.15, 0.2) is 34.9 Å². The summed E-state index contributed by atoms with van der Waals surface area (Å²) < 4.78 is 17.1. The van der Waals surface area contributed by atoms with Crippen molar-refractivity contribution in [3.8, 4) is 17.1 Å². The van der Waals surface area contributed by atoms with Crippen LogP contribution in [0.1, 0.15) is 46.2 Å². The number of nitrogens with zero attached hydrogens (tertiary/aromatic N) is 2. The topological polar surface area (TPSA) is 68.0 Å². The Kier molecular flexibility index (Phi) is 8.52. The summed E-state index contributed by atoms with van der Waals surface area (Å²) in [6.07, 6.45) is 1.75. The van der Waals surface area contributed by atoms with Crippen molar-refractivity contribution in [1.82, 2.24) is 10.1 Å². The normalized spacial score (nSPS) is 21.9. The van der Waals surface area contributed by atoms with Crippen LogP contribution in [0.25, 0.3) is 11.3 Å². The molecule has 3 unspecified atom stereocenters. The quantitative estimate of drug-likeness (QED) is 0.602. The van der Waals surface area contributed by atoms with Gasteiger partial charge in [0.1, 0.15) is 5.75 Å². The average molecular weight is 431 g/mol. The van der Waals surface area contributed by atoms with Crippen LogP contribution in [0.2, 0.25) is 0 Å². The summed E-state index contributed by atoms with van der Waals surface area (Å²) in [7, 11) is 1.65. The summed E-state index contributed by atoms with van der Waals surface area (Å²) >= 11 is 0. The maximum atomic E-state index is 10.6. The molecule has 1 N–H and O–H groups in total. The number of hydrogen-bond acceptors (Lipinski definition) is 6. The predicted octanol–water partition coefficient (Wildman–Crippen LogP) is 4.42. The zero-order chi connectivity index (χ0) is 22.4. The number of rotatable bonds is 10. The fraction of sp³-hybridized carbons (Fsp3) is 0.640. The summed E-state index contributed by atoms with van der Waals surface area (Å²) in [6.45, 7) is 11.7. The smallest absolute Gasteiger partial charge is 0.167 e. The van der Waals surface area contributed by atoms with Crippen molar-refractivity contribution in [2.75, 3.05) is 26.7 Å². The molecule has 1 aliphatic rings. The highest BCUT2D eigenvalue weighted by molar-refractivity contribution is 5.58. The van der Waals surface area contributed by atoms with E-state index in [0.29, 0.717) is 18.3 Å². The van der Waals surface area contributed by atoms with Crippen LogP contribution in [0, 0.1) is 11.8 Å². The number of aliphatic hydroxyl groups is 1. The van der Waals surface area contributed by atoms with Crippen molar-refractivity contribution >= 4 is 0 Å². The van der Waals surface area contributed by atoms with Gasteiger partial charge in [-0.15, -0.1) is 0 Å². The lowest BCUT2D eigenvalue weighted by molar-refractivity contribution is -0.127. The van der Waals surface area contributed by atoms with Gasteiger partial charge in [0.15, 0.2) is 5.76 Å². The summed E-state index contributed by atoms with van der Waals surface area (Å²) in [6, 6.07) is 9.73. The molecule has 6 nitrogen and oxygen atoms in total. The summed E-state index contributed by atoms with van der Waals surface area (Å²) in [4.78, 5) is 2.43. The molecule has 2 heterocycles. The Morgan fingerprint density at radius 1 is 1.10 bits per heavy atom. The summed E-state index contributed by atoms with van der Waals surface area (Å²) in [5, 5.41) is 14.8. The molecule has 0 amide bonds. The maximum Gasteiger partial charge on any atom is 0.167 e. The lowest BCUT2D eigenvalue weighted by atomic mass is 9.97. The number of aromatic nitrogens is 1. The largest absolute Gasteiger partial charge is 0.497 e. The number of hydrogen-bond donors (Lipinski definition) is 1. The van der Waals surface area contributed by atoms with Gasteiger partial charge in [0.05, 0.1) is 31.1 Å². The minimum absolute atomic E-state index is 0.0437. The molecule has 6 heteroatoms. The Bertz CT molecular complexity index is 777. The first kappa shape index (κ1) is 23.8. The Labute approximate surface area is 186 Å². The van der Waals surface area contributed by atoms with Gasteiger partial charge in [0.25, 0.3) is 0 Å². The first-order valence-corrected chi connectivity index (χ1v) is 11.5. The fourth-order valence-corrected chi connectivity index (χ4v) is 4.31. The van der Waals surface area contributed by atoms with E-state index in [4.69, 9.17) is 14.0 Å². The number of ether oxygens (including phenoxy) is 2. The molecule has 3 atom stereocenters. The molecule has 172 valence electrons. The molecular weight excluding hydrogens is 392 g/mol. The summed E-state index contributed by atoms with van der Waals surface area (Å²) in [5.41, 5.74) is 1.85. The van der Waals surface area contributed by atoms with Gasteiger partial charge in [-0.05, 0) is 48.9 Å². The Hall–Kier alpha value is -1.89. The lowest BCUT2D eigenvalue weighted by Gasteiger charge is -2.37. The third-order valence-corrected chi connectivity index (χ3v) is 5.64. The molecule has 0 aliphatic carbocycles. The van der Waals surface area contributed by atoms with Crippen molar-refractivity contribution in [2.24, 2.45) is 11.8 Å². The van der Waals surface area contributed by atoms with Crippen molar-refractivity contribution in [3.05, 3.63) is 36.0 Å². The first-order valence-electron chi connectivity index (χ1n) is 11.5. The molecule has 1 fully saturated rings. The zero-order valence-electron chi connectivity index (χ0n) is 19.6. The van der Waals surface area contributed by atoms with E-state index in [1.807, 2.05) is 30.3 Å². The predicted molar refractivity (Wildman–Crippen MR) is 122 cm³/mol. The Morgan fingerprint density at radius 2 is 1.77 bits per heavy atom. The Balaban J connectivity index is 1.60. The van der Waals surface area contributed by atoms with Gasteiger partial charge in [-0.1, -0.05) is 32.9 Å². The standard InChI is InChI=1S/C25H38N2O4/c1-17(2)14-27(15-18(3)4)16-25-23(28)11-10-22(30-25)12-20-13-24(31-26-20)19-6-8-21(29-5)9-7-19/h6-9,13,17-18,22-23,25,28H,10-12,14-16H2,1-5H3. The third-order valence-electron chi connectivity index (χ3n) is 5.64. The van der Waals surface area contributed by atoms with E-state index in [1.165, 1.54) is 0 Å². The molecule has 0 spiro atoms. The number of benzene rings is 1. The molecule has 1 aromatic heterocycles. The van der Waals surface area contributed by atoms with E-state index < -0.39 is 6.10 Å². The first-order chi connectivity index (χ1) is 14.8. The van der Waals surface area contributed by atoms with Gasteiger partial charge < -0.3 is 24.0 Å². The molecule has 0 bridgehead atoms. The van der Waals surface area contributed by atoms with Gasteiger partial charge in [0.2, 0.25) is 0 Å². The Morgan fingerprint density at radius 3 is 2.39 bits per heavy atom. The van der Waals surface area contributed by atoms with E-state index >= 15 is 0 Å².